The molecule has 3 atom stereocenters. The summed E-state index contributed by atoms with van der Waals surface area (Å²) < 4.78 is 26.9. The molecule has 0 aromatic carbocycles. The Bertz CT molecular complexity index is 476. The molecule has 0 aliphatic carbocycles. The molecule has 124 valence electrons. The van der Waals surface area contributed by atoms with Gasteiger partial charge in [0.2, 0.25) is 0 Å². The molecular formula is C16H26N2O3S. The molecule has 1 N–H and O–H groups in total. The average molecular weight is 326 g/mol. The minimum atomic E-state index is -1.18. The fraction of sp³-hybridized carbons (Fsp3) is 0.688. The van der Waals surface area contributed by atoms with Crippen LogP contribution in [0.5, 0.6) is 0 Å². The number of hydrogen-bond acceptors (Lipinski definition) is 5. The second-order valence-corrected chi connectivity index (χ2v) is 9.00. The molecule has 1 aromatic rings. The molecule has 1 aromatic heterocycles. The lowest BCUT2D eigenvalue weighted by Crippen LogP contribution is -2.51. The highest BCUT2D eigenvalue weighted by molar-refractivity contribution is 7.90. The lowest BCUT2D eigenvalue weighted by Gasteiger charge is -2.30. The fourth-order valence-corrected chi connectivity index (χ4v) is 3.08. The van der Waals surface area contributed by atoms with E-state index >= 15 is 0 Å². The minimum absolute atomic E-state index is 0.114. The zero-order valence-electron chi connectivity index (χ0n) is 14.0. The Morgan fingerprint density at radius 1 is 1.45 bits per heavy atom. The van der Waals surface area contributed by atoms with Crippen molar-refractivity contribution in [3.63, 3.8) is 0 Å². The van der Waals surface area contributed by atoms with Gasteiger partial charge < -0.3 is 14.0 Å². The third kappa shape index (κ3) is 4.93. The molecule has 6 heteroatoms. The first-order valence-corrected chi connectivity index (χ1v) is 8.72. The van der Waals surface area contributed by atoms with E-state index in [1.807, 2.05) is 52.8 Å². The van der Waals surface area contributed by atoms with Crippen LogP contribution in [0, 0.1) is 0 Å². The molecule has 0 saturated carbocycles. The molecule has 1 fully saturated rings. The highest BCUT2D eigenvalue weighted by Crippen LogP contribution is 2.26. The van der Waals surface area contributed by atoms with E-state index in [0.717, 1.165) is 5.69 Å². The van der Waals surface area contributed by atoms with E-state index in [1.54, 1.807) is 6.20 Å². The van der Waals surface area contributed by atoms with Gasteiger partial charge in [0.05, 0.1) is 12.6 Å². The molecule has 22 heavy (non-hydrogen) atoms. The Labute approximate surface area is 136 Å². The first kappa shape index (κ1) is 17.7. The number of pyridine rings is 1. The highest BCUT2D eigenvalue weighted by atomic mass is 32.2. The first-order chi connectivity index (χ1) is 10.2. The standard InChI is InChI=1S/C16H26N2O3S/c1-15(2,3)22(19)18-13(10-12-8-6-7-9-17-12)14-11-20-16(4,5)21-14/h6-9,13-14,18H,10-11H2,1-5H3/t13?,14-,22+/m0/s1. The lowest BCUT2D eigenvalue weighted by atomic mass is 10.1. The zero-order valence-corrected chi connectivity index (χ0v) is 14.8. The van der Waals surface area contributed by atoms with Crippen LogP contribution in [0.25, 0.3) is 0 Å². The zero-order chi connectivity index (χ0) is 16.4. The van der Waals surface area contributed by atoms with Crippen LogP contribution in [0.4, 0.5) is 0 Å². The molecule has 0 spiro atoms. The Kier molecular flexibility index (Phi) is 5.50. The SMILES string of the molecule is CC1(C)OC[C@@H](C(Cc2ccccn2)N[S@+]([O-])C(C)(C)C)O1. The lowest BCUT2D eigenvalue weighted by molar-refractivity contribution is -0.141. The van der Waals surface area contributed by atoms with Gasteiger partial charge in [-0.1, -0.05) is 6.07 Å². The molecule has 0 bridgehead atoms. The number of nitrogens with one attached hydrogen (secondary N) is 1. The summed E-state index contributed by atoms with van der Waals surface area (Å²) in [6.07, 6.45) is 2.26. The third-order valence-corrected chi connectivity index (χ3v) is 5.08. The maximum absolute atomic E-state index is 12.5. The molecule has 1 aliphatic rings. The van der Waals surface area contributed by atoms with Crippen molar-refractivity contribution in [1.29, 1.82) is 0 Å². The van der Waals surface area contributed by atoms with Gasteiger partial charge in [0.25, 0.3) is 0 Å². The summed E-state index contributed by atoms with van der Waals surface area (Å²) in [4.78, 5) is 4.36. The van der Waals surface area contributed by atoms with Crippen LogP contribution in [0.2, 0.25) is 0 Å². The van der Waals surface area contributed by atoms with Crippen molar-refractivity contribution >= 4 is 11.4 Å². The van der Waals surface area contributed by atoms with Crippen LogP contribution in [0.1, 0.15) is 40.3 Å². The predicted octanol–water partition coefficient (Wildman–Crippen LogP) is 2.20. The van der Waals surface area contributed by atoms with E-state index in [2.05, 4.69) is 9.71 Å². The molecule has 1 aliphatic heterocycles. The van der Waals surface area contributed by atoms with E-state index in [9.17, 15) is 4.55 Å². The van der Waals surface area contributed by atoms with Crippen molar-refractivity contribution in [2.75, 3.05) is 6.61 Å². The number of rotatable bonds is 5. The van der Waals surface area contributed by atoms with Crippen molar-refractivity contribution in [3.8, 4) is 0 Å². The van der Waals surface area contributed by atoms with Crippen LogP contribution in [0.3, 0.4) is 0 Å². The number of hydrogen-bond donors (Lipinski definition) is 1. The van der Waals surface area contributed by atoms with Gasteiger partial charge in [0, 0.05) is 29.7 Å². The monoisotopic (exact) mass is 326 g/mol. The van der Waals surface area contributed by atoms with Gasteiger partial charge >= 0.3 is 0 Å². The fourth-order valence-electron chi connectivity index (χ4n) is 2.22. The van der Waals surface area contributed by atoms with Gasteiger partial charge in [-0.15, -0.1) is 4.72 Å². The first-order valence-electron chi connectivity index (χ1n) is 7.57. The van der Waals surface area contributed by atoms with Crippen molar-refractivity contribution in [1.82, 2.24) is 9.71 Å². The van der Waals surface area contributed by atoms with Crippen molar-refractivity contribution in [3.05, 3.63) is 30.1 Å². The quantitative estimate of drug-likeness (QED) is 0.840. The topological polar surface area (TPSA) is 66.4 Å². The van der Waals surface area contributed by atoms with Gasteiger partial charge in [0.1, 0.15) is 10.9 Å². The summed E-state index contributed by atoms with van der Waals surface area (Å²) in [5.41, 5.74) is 0.944. The third-order valence-electron chi connectivity index (χ3n) is 3.45. The van der Waals surface area contributed by atoms with Crippen LogP contribution in [-0.4, -0.2) is 38.8 Å². The molecule has 1 unspecified atom stereocenters. The molecular weight excluding hydrogens is 300 g/mol. The van der Waals surface area contributed by atoms with E-state index in [-0.39, 0.29) is 16.9 Å². The van der Waals surface area contributed by atoms with Gasteiger partial charge in [-0.2, -0.15) is 0 Å². The Morgan fingerprint density at radius 2 is 2.18 bits per heavy atom. The molecule has 1 saturated heterocycles. The Hall–Kier alpha value is -0.660. The van der Waals surface area contributed by atoms with Gasteiger partial charge in [-0.3, -0.25) is 4.98 Å². The van der Waals surface area contributed by atoms with E-state index < -0.39 is 17.1 Å². The van der Waals surface area contributed by atoms with Crippen LogP contribution in [-0.2, 0) is 27.3 Å². The van der Waals surface area contributed by atoms with Crippen molar-refractivity contribution in [2.45, 2.75) is 63.7 Å². The minimum Gasteiger partial charge on any atom is -0.598 e. The molecule has 2 rings (SSSR count). The van der Waals surface area contributed by atoms with E-state index in [1.165, 1.54) is 0 Å². The van der Waals surface area contributed by atoms with Crippen LogP contribution >= 0.6 is 0 Å². The number of ether oxygens (including phenoxy) is 2. The second kappa shape index (κ2) is 6.84. The normalized spacial score (nSPS) is 24.2. The van der Waals surface area contributed by atoms with Gasteiger partial charge in [0.15, 0.2) is 5.79 Å². The molecule has 5 nitrogen and oxygen atoms in total. The van der Waals surface area contributed by atoms with Gasteiger partial charge in [-0.25, -0.2) is 0 Å². The maximum Gasteiger partial charge on any atom is 0.163 e. The summed E-state index contributed by atoms with van der Waals surface area (Å²) in [6, 6.07) is 5.69. The summed E-state index contributed by atoms with van der Waals surface area (Å²) in [5.74, 6) is -0.599. The highest BCUT2D eigenvalue weighted by Gasteiger charge is 2.40. The Balaban J connectivity index is 2.10. The van der Waals surface area contributed by atoms with E-state index in [4.69, 9.17) is 9.47 Å². The van der Waals surface area contributed by atoms with Crippen molar-refractivity contribution < 1.29 is 14.0 Å². The van der Waals surface area contributed by atoms with Crippen molar-refractivity contribution in [2.24, 2.45) is 0 Å². The summed E-state index contributed by atoms with van der Waals surface area (Å²) in [6.45, 7) is 10.1. The summed E-state index contributed by atoms with van der Waals surface area (Å²) in [7, 11) is 0. The molecule has 0 amide bonds. The number of aromatic nitrogens is 1. The van der Waals surface area contributed by atoms with Gasteiger partial charge in [-0.05, 0) is 46.8 Å². The second-order valence-electron chi connectivity index (χ2n) is 7.00. The molecule has 2 heterocycles. The maximum atomic E-state index is 12.5. The molecule has 0 radical (unpaired) electrons. The Morgan fingerprint density at radius 3 is 2.68 bits per heavy atom. The summed E-state index contributed by atoms with van der Waals surface area (Å²) >= 11 is -1.18. The summed E-state index contributed by atoms with van der Waals surface area (Å²) in [5, 5.41) is 0. The van der Waals surface area contributed by atoms with Crippen LogP contribution < -0.4 is 4.72 Å². The smallest absolute Gasteiger partial charge is 0.163 e. The number of nitrogens with zero attached hydrogens (tertiary/aromatic N) is 1. The average Bonchev–Trinajstić information content (AvgIpc) is 2.78. The predicted molar refractivity (Wildman–Crippen MR) is 87.7 cm³/mol. The van der Waals surface area contributed by atoms with Crippen LogP contribution in [0.15, 0.2) is 24.4 Å². The largest absolute Gasteiger partial charge is 0.598 e. The van der Waals surface area contributed by atoms with E-state index in [0.29, 0.717) is 13.0 Å².